The summed E-state index contributed by atoms with van der Waals surface area (Å²) in [5.41, 5.74) is 0.681. The minimum absolute atomic E-state index is 0.197. The van der Waals surface area contributed by atoms with E-state index in [0.717, 1.165) is 31.3 Å². The molecule has 1 aliphatic rings. The molecule has 7 heteroatoms. The van der Waals surface area contributed by atoms with Gasteiger partial charge in [0.25, 0.3) is 0 Å². The van der Waals surface area contributed by atoms with E-state index in [0.29, 0.717) is 17.1 Å². The van der Waals surface area contributed by atoms with Crippen molar-refractivity contribution in [2.24, 2.45) is 4.99 Å². The number of guanidine groups is 1. The summed E-state index contributed by atoms with van der Waals surface area (Å²) < 4.78 is 10.8. The number of ether oxygens (including phenoxy) is 2. The largest absolute Gasteiger partial charge is 0.497 e. The molecule has 2 N–H and O–H groups in total. The molecule has 0 aliphatic carbocycles. The van der Waals surface area contributed by atoms with Crippen molar-refractivity contribution in [2.45, 2.75) is 31.6 Å². The fraction of sp³-hybridized carbons (Fsp3) is 0.632. The smallest absolute Gasteiger partial charge is 0.194 e. The molecule has 0 amide bonds. The summed E-state index contributed by atoms with van der Waals surface area (Å²) in [7, 11) is 3.20. The molecular weight excluding hydrogens is 350 g/mol. The lowest BCUT2D eigenvalue weighted by molar-refractivity contribution is 0.181. The van der Waals surface area contributed by atoms with Gasteiger partial charge in [-0.05, 0) is 39.0 Å². The highest BCUT2D eigenvalue weighted by atomic mass is 32.2. The van der Waals surface area contributed by atoms with Gasteiger partial charge >= 0.3 is 0 Å². The van der Waals surface area contributed by atoms with Crippen LogP contribution in [0.15, 0.2) is 23.2 Å². The van der Waals surface area contributed by atoms with Gasteiger partial charge in [-0.15, -0.1) is 0 Å². The summed E-state index contributed by atoms with van der Waals surface area (Å²) in [6.07, 6.45) is -0.763. The molecule has 1 atom stereocenters. The number of rotatable bonds is 6. The molecule has 0 spiro atoms. The zero-order chi connectivity index (χ0) is 19.2. The molecule has 0 bridgehead atoms. The van der Waals surface area contributed by atoms with Crippen molar-refractivity contribution in [2.75, 3.05) is 46.2 Å². The Kier molecular flexibility index (Phi) is 7.46. The van der Waals surface area contributed by atoms with Gasteiger partial charge in [-0.3, -0.25) is 4.99 Å². The Morgan fingerprint density at radius 2 is 2.15 bits per heavy atom. The van der Waals surface area contributed by atoms with E-state index < -0.39 is 6.10 Å². The first-order chi connectivity index (χ1) is 12.4. The molecule has 6 nitrogen and oxygen atoms in total. The van der Waals surface area contributed by atoms with Crippen molar-refractivity contribution < 1.29 is 14.6 Å². The fourth-order valence-corrected chi connectivity index (χ4v) is 4.11. The molecule has 0 saturated carbocycles. The van der Waals surface area contributed by atoms with E-state index in [9.17, 15) is 5.11 Å². The minimum Gasteiger partial charge on any atom is -0.497 e. The first kappa shape index (κ1) is 20.7. The quantitative estimate of drug-likeness (QED) is 0.583. The molecule has 1 heterocycles. The first-order valence-electron chi connectivity index (χ1n) is 8.97. The highest BCUT2D eigenvalue weighted by Gasteiger charge is 2.28. The molecule has 1 aromatic rings. The SMILES string of the molecule is CCNC(=NCC(O)c1cc(OC)ccc1OC)N1CCSC(C)(C)C1. The van der Waals surface area contributed by atoms with Crippen LogP contribution in [0, 0.1) is 0 Å². The number of methoxy groups -OCH3 is 2. The van der Waals surface area contributed by atoms with Gasteiger partial charge in [0.15, 0.2) is 5.96 Å². The number of nitrogens with one attached hydrogen (secondary N) is 1. The Morgan fingerprint density at radius 3 is 2.77 bits per heavy atom. The van der Waals surface area contributed by atoms with Crippen LogP contribution in [0.3, 0.4) is 0 Å². The van der Waals surface area contributed by atoms with Gasteiger partial charge in [0.2, 0.25) is 0 Å². The van der Waals surface area contributed by atoms with Gasteiger partial charge in [0.1, 0.15) is 17.6 Å². The summed E-state index contributed by atoms with van der Waals surface area (Å²) in [6, 6.07) is 5.42. The molecule has 1 unspecified atom stereocenters. The van der Waals surface area contributed by atoms with Crippen LogP contribution in [0.4, 0.5) is 0 Å². The minimum atomic E-state index is -0.763. The lowest BCUT2D eigenvalue weighted by Crippen LogP contribution is -2.51. The van der Waals surface area contributed by atoms with Crippen LogP contribution in [0.5, 0.6) is 11.5 Å². The number of aliphatic hydroxyl groups excluding tert-OH is 1. The number of benzene rings is 1. The van der Waals surface area contributed by atoms with E-state index in [-0.39, 0.29) is 11.3 Å². The van der Waals surface area contributed by atoms with Crippen LogP contribution in [0.1, 0.15) is 32.4 Å². The molecule has 26 heavy (non-hydrogen) atoms. The van der Waals surface area contributed by atoms with Gasteiger partial charge in [-0.1, -0.05) is 0 Å². The van der Waals surface area contributed by atoms with E-state index in [1.54, 1.807) is 26.4 Å². The Balaban J connectivity index is 2.16. The molecule has 0 radical (unpaired) electrons. The number of aliphatic imine (C=N–C) groups is 1. The fourth-order valence-electron chi connectivity index (χ4n) is 2.99. The van der Waals surface area contributed by atoms with Crippen molar-refractivity contribution in [3.8, 4) is 11.5 Å². The van der Waals surface area contributed by atoms with E-state index >= 15 is 0 Å². The van der Waals surface area contributed by atoms with E-state index in [1.165, 1.54) is 0 Å². The second kappa shape index (κ2) is 9.37. The molecule has 1 aliphatic heterocycles. The van der Waals surface area contributed by atoms with Crippen molar-refractivity contribution in [3.63, 3.8) is 0 Å². The van der Waals surface area contributed by atoms with Crippen molar-refractivity contribution >= 4 is 17.7 Å². The highest BCUT2D eigenvalue weighted by Crippen LogP contribution is 2.31. The summed E-state index contributed by atoms with van der Waals surface area (Å²) in [6.45, 7) is 9.51. The van der Waals surface area contributed by atoms with Crippen LogP contribution in [0.25, 0.3) is 0 Å². The molecule has 2 rings (SSSR count). The molecule has 1 fully saturated rings. The molecule has 1 aromatic carbocycles. The average Bonchev–Trinajstić information content (AvgIpc) is 2.63. The monoisotopic (exact) mass is 381 g/mol. The Morgan fingerprint density at radius 1 is 1.38 bits per heavy atom. The normalized spacial score (nSPS) is 18.4. The second-order valence-electron chi connectivity index (χ2n) is 6.85. The Bertz CT molecular complexity index is 622. The van der Waals surface area contributed by atoms with Crippen LogP contribution in [-0.4, -0.2) is 66.9 Å². The predicted molar refractivity (Wildman–Crippen MR) is 109 cm³/mol. The number of aliphatic hydroxyl groups is 1. The predicted octanol–water partition coefficient (Wildman–Crippen LogP) is 2.53. The number of hydrogen-bond donors (Lipinski definition) is 2. The number of hydrogen-bond acceptors (Lipinski definition) is 5. The summed E-state index contributed by atoms with van der Waals surface area (Å²) in [5, 5.41) is 14.0. The van der Waals surface area contributed by atoms with Crippen LogP contribution >= 0.6 is 11.8 Å². The van der Waals surface area contributed by atoms with E-state index in [1.807, 2.05) is 17.8 Å². The maximum atomic E-state index is 10.7. The molecule has 146 valence electrons. The third kappa shape index (κ3) is 5.45. The van der Waals surface area contributed by atoms with Crippen molar-refractivity contribution in [3.05, 3.63) is 23.8 Å². The van der Waals surface area contributed by atoms with Crippen LogP contribution in [-0.2, 0) is 0 Å². The standard InChI is InChI=1S/C19H31N3O3S/c1-6-20-18(22-9-10-26-19(2,3)13-22)21-12-16(23)15-11-14(24-4)7-8-17(15)25-5/h7-8,11,16,23H,6,9-10,12-13H2,1-5H3,(H,20,21). The van der Waals surface area contributed by atoms with Crippen molar-refractivity contribution in [1.82, 2.24) is 10.2 Å². The maximum Gasteiger partial charge on any atom is 0.194 e. The third-order valence-electron chi connectivity index (χ3n) is 4.27. The van der Waals surface area contributed by atoms with Gasteiger partial charge in [0.05, 0.1) is 20.8 Å². The van der Waals surface area contributed by atoms with Gasteiger partial charge in [-0.25, -0.2) is 0 Å². The van der Waals surface area contributed by atoms with Gasteiger partial charge in [-0.2, -0.15) is 11.8 Å². The summed E-state index contributed by atoms with van der Waals surface area (Å²) in [4.78, 5) is 6.96. The lowest BCUT2D eigenvalue weighted by Gasteiger charge is -2.39. The molecule has 1 saturated heterocycles. The Hall–Kier alpha value is -1.60. The summed E-state index contributed by atoms with van der Waals surface area (Å²) in [5.74, 6) is 3.24. The van der Waals surface area contributed by atoms with Gasteiger partial charge < -0.3 is 24.8 Å². The number of thioether (sulfide) groups is 1. The Labute approximate surface area is 161 Å². The van der Waals surface area contributed by atoms with Crippen LogP contribution < -0.4 is 14.8 Å². The zero-order valence-corrected chi connectivity index (χ0v) is 17.2. The third-order valence-corrected chi connectivity index (χ3v) is 5.57. The van der Waals surface area contributed by atoms with Crippen molar-refractivity contribution in [1.29, 1.82) is 0 Å². The lowest BCUT2D eigenvalue weighted by atomic mass is 10.1. The second-order valence-corrected chi connectivity index (χ2v) is 8.65. The van der Waals surface area contributed by atoms with E-state index in [2.05, 4.69) is 36.0 Å². The summed E-state index contributed by atoms with van der Waals surface area (Å²) >= 11 is 1.99. The molecular formula is C19H31N3O3S. The average molecular weight is 382 g/mol. The van der Waals surface area contributed by atoms with E-state index in [4.69, 9.17) is 9.47 Å². The highest BCUT2D eigenvalue weighted by molar-refractivity contribution is 8.00. The maximum absolute atomic E-state index is 10.7. The topological polar surface area (TPSA) is 66.3 Å². The first-order valence-corrected chi connectivity index (χ1v) is 9.96. The van der Waals surface area contributed by atoms with Crippen LogP contribution in [0.2, 0.25) is 0 Å². The molecule has 0 aromatic heterocycles. The van der Waals surface area contributed by atoms with Gasteiger partial charge in [0, 0.05) is 35.7 Å². The number of nitrogens with zero attached hydrogens (tertiary/aromatic N) is 2. The zero-order valence-electron chi connectivity index (χ0n) is 16.4.